The van der Waals surface area contributed by atoms with Crippen molar-refractivity contribution in [3.05, 3.63) is 82.3 Å². The van der Waals surface area contributed by atoms with Crippen LogP contribution in [0.2, 0.25) is 0 Å². The van der Waals surface area contributed by atoms with Gasteiger partial charge in [-0.3, -0.25) is 0 Å². The van der Waals surface area contributed by atoms with Gasteiger partial charge in [0.25, 0.3) is 0 Å². The number of halogens is 1. The van der Waals surface area contributed by atoms with E-state index in [1.54, 1.807) is 0 Å². The van der Waals surface area contributed by atoms with Crippen molar-refractivity contribution in [2.45, 2.75) is 6.42 Å². The Morgan fingerprint density at radius 3 is 1.91 bits per heavy atom. The second-order valence-corrected chi connectivity index (χ2v) is 6.30. The second kappa shape index (κ2) is 5.18. The topological polar surface area (TPSA) is 29.3 Å². The summed E-state index contributed by atoms with van der Waals surface area (Å²) in [4.78, 5) is 2.26. The maximum Gasteiger partial charge on any atom is 0.0703 e. The molecule has 0 unspecified atom stereocenters. The number of fused-ring (bicyclic) bond motifs is 2. The van der Waals surface area contributed by atoms with E-state index in [0.717, 1.165) is 22.3 Å². The number of benzene rings is 3. The van der Waals surface area contributed by atoms with Gasteiger partial charge in [0.1, 0.15) is 0 Å². The first-order valence-electron chi connectivity index (χ1n) is 7.25. The van der Waals surface area contributed by atoms with Crippen molar-refractivity contribution in [1.29, 1.82) is 0 Å². The highest BCUT2D eigenvalue weighted by molar-refractivity contribution is 9.10. The van der Waals surface area contributed by atoms with Crippen LogP contribution in [0.5, 0.6) is 0 Å². The molecule has 0 spiro atoms. The van der Waals surface area contributed by atoms with E-state index >= 15 is 0 Å². The van der Waals surface area contributed by atoms with Crippen LogP contribution in [-0.2, 0) is 6.42 Å². The molecule has 0 saturated heterocycles. The zero-order valence-electron chi connectivity index (χ0n) is 12.0. The van der Waals surface area contributed by atoms with Crippen molar-refractivity contribution in [2.24, 2.45) is 0 Å². The van der Waals surface area contributed by atoms with Gasteiger partial charge in [0, 0.05) is 22.3 Å². The lowest BCUT2D eigenvalue weighted by atomic mass is 9.95. The van der Waals surface area contributed by atoms with Crippen LogP contribution in [0.25, 0.3) is 0 Å². The number of nitrogens with two attached hydrogens (primary N) is 1. The van der Waals surface area contributed by atoms with Crippen molar-refractivity contribution in [1.82, 2.24) is 0 Å². The fraction of sp³-hybridized carbons (Fsp3) is 0.0526. The molecule has 4 rings (SSSR count). The Kier molecular flexibility index (Phi) is 3.16. The van der Waals surface area contributed by atoms with Gasteiger partial charge in [0.2, 0.25) is 0 Å². The molecular formula is C19H15BrN2. The Hall–Kier alpha value is -2.26. The summed E-state index contributed by atoms with van der Waals surface area (Å²) in [6, 6.07) is 23.1. The summed E-state index contributed by atoms with van der Waals surface area (Å²) in [5, 5.41) is 0. The number of hydrogen-bond acceptors (Lipinski definition) is 2. The standard InChI is InChI=1S/C19H15BrN2/c20-15-8-5-11-18(19(15)21)22-16-9-3-1-6-13(16)12-14-7-2-4-10-17(14)22/h1-11H,12,21H2. The summed E-state index contributed by atoms with van der Waals surface area (Å²) < 4.78 is 0.922. The molecule has 2 N–H and O–H groups in total. The van der Waals surface area contributed by atoms with Crippen LogP contribution in [0.4, 0.5) is 22.7 Å². The van der Waals surface area contributed by atoms with E-state index in [2.05, 4.69) is 75.4 Å². The van der Waals surface area contributed by atoms with E-state index in [-0.39, 0.29) is 0 Å². The number of nitrogen functional groups attached to an aromatic ring is 1. The normalized spacial score (nSPS) is 12.7. The van der Waals surface area contributed by atoms with Gasteiger partial charge in [0.15, 0.2) is 0 Å². The average molecular weight is 351 g/mol. The molecule has 3 aromatic rings. The van der Waals surface area contributed by atoms with Gasteiger partial charge in [-0.25, -0.2) is 0 Å². The van der Waals surface area contributed by atoms with Gasteiger partial charge in [-0.15, -0.1) is 0 Å². The van der Waals surface area contributed by atoms with Crippen molar-refractivity contribution in [3.63, 3.8) is 0 Å². The van der Waals surface area contributed by atoms with E-state index < -0.39 is 0 Å². The number of para-hydroxylation sites is 3. The Morgan fingerprint density at radius 2 is 1.27 bits per heavy atom. The highest BCUT2D eigenvalue weighted by Gasteiger charge is 2.24. The molecule has 0 bridgehead atoms. The fourth-order valence-electron chi connectivity index (χ4n) is 3.07. The molecule has 1 heterocycles. The first-order valence-corrected chi connectivity index (χ1v) is 8.05. The molecule has 0 radical (unpaired) electrons. The molecule has 0 aromatic heterocycles. The highest BCUT2D eigenvalue weighted by Crippen LogP contribution is 2.46. The minimum Gasteiger partial charge on any atom is -0.396 e. The van der Waals surface area contributed by atoms with Crippen LogP contribution < -0.4 is 10.6 Å². The monoisotopic (exact) mass is 350 g/mol. The number of rotatable bonds is 1. The summed E-state index contributed by atoms with van der Waals surface area (Å²) >= 11 is 3.54. The van der Waals surface area contributed by atoms with Gasteiger partial charge >= 0.3 is 0 Å². The van der Waals surface area contributed by atoms with Crippen molar-refractivity contribution < 1.29 is 0 Å². The third-order valence-corrected chi connectivity index (χ3v) is 4.81. The molecule has 0 saturated carbocycles. The SMILES string of the molecule is Nc1c(Br)cccc1N1c2ccccc2Cc2ccccc21. The molecule has 22 heavy (non-hydrogen) atoms. The molecule has 3 heteroatoms. The molecular weight excluding hydrogens is 336 g/mol. The number of nitrogens with zero attached hydrogens (tertiary/aromatic N) is 1. The van der Waals surface area contributed by atoms with E-state index in [1.165, 1.54) is 22.5 Å². The molecule has 2 nitrogen and oxygen atoms in total. The van der Waals surface area contributed by atoms with Crippen molar-refractivity contribution in [2.75, 3.05) is 10.6 Å². The largest absolute Gasteiger partial charge is 0.396 e. The molecule has 0 fully saturated rings. The van der Waals surface area contributed by atoms with Crippen LogP contribution in [0.1, 0.15) is 11.1 Å². The van der Waals surface area contributed by atoms with Crippen LogP contribution in [0.3, 0.4) is 0 Å². The molecule has 0 aliphatic carbocycles. The predicted octanol–water partition coefficient (Wildman–Crippen LogP) is 5.41. The van der Waals surface area contributed by atoms with Crippen LogP contribution >= 0.6 is 15.9 Å². The highest BCUT2D eigenvalue weighted by atomic mass is 79.9. The van der Waals surface area contributed by atoms with E-state index in [4.69, 9.17) is 5.73 Å². The summed E-state index contributed by atoms with van der Waals surface area (Å²) in [5.41, 5.74) is 13.1. The molecule has 108 valence electrons. The van der Waals surface area contributed by atoms with Crippen molar-refractivity contribution >= 4 is 38.7 Å². The minimum atomic E-state index is 0.758. The Balaban J connectivity index is 2.01. The fourth-order valence-corrected chi connectivity index (χ4v) is 3.43. The third-order valence-electron chi connectivity index (χ3n) is 4.12. The first kappa shape index (κ1) is 13.4. The second-order valence-electron chi connectivity index (χ2n) is 5.44. The Bertz CT molecular complexity index is 812. The average Bonchev–Trinajstić information content (AvgIpc) is 2.55. The lowest BCUT2D eigenvalue weighted by Gasteiger charge is -2.34. The van der Waals surface area contributed by atoms with Gasteiger partial charge in [-0.05, 0) is 51.3 Å². The molecule has 0 amide bonds. The minimum absolute atomic E-state index is 0.758. The van der Waals surface area contributed by atoms with E-state index in [9.17, 15) is 0 Å². The molecule has 0 atom stereocenters. The lowest BCUT2D eigenvalue weighted by molar-refractivity contribution is 1.09. The van der Waals surface area contributed by atoms with E-state index in [0.29, 0.717) is 0 Å². The van der Waals surface area contributed by atoms with Gasteiger partial charge in [0.05, 0.1) is 11.4 Å². The quantitative estimate of drug-likeness (QED) is 0.465. The van der Waals surface area contributed by atoms with Crippen LogP contribution in [0, 0.1) is 0 Å². The summed E-state index contributed by atoms with van der Waals surface area (Å²) in [7, 11) is 0. The Labute approximate surface area is 138 Å². The lowest BCUT2D eigenvalue weighted by Crippen LogP contribution is -2.19. The van der Waals surface area contributed by atoms with Gasteiger partial charge in [-0.1, -0.05) is 42.5 Å². The first-order chi connectivity index (χ1) is 10.8. The molecule has 1 aliphatic rings. The summed E-state index contributed by atoms with van der Waals surface area (Å²) in [6.07, 6.45) is 0.955. The predicted molar refractivity (Wildman–Crippen MR) is 96.0 cm³/mol. The zero-order chi connectivity index (χ0) is 15.1. The number of hydrogen-bond donors (Lipinski definition) is 1. The maximum absolute atomic E-state index is 6.34. The van der Waals surface area contributed by atoms with E-state index in [1.807, 2.05) is 12.1 Å². The summed E-state index contributed by atoms with van der Waals surface area (Å²) in [6.45, 7) is 0. The summed E-state index contributed by atoms with van der Waals surface area (Å²) in [5.74, 6) is 0. The van der Waals surface area contributed by atoms with Crippen LogP contribution in [0.15, 0.2) is 71.2 Å². The van der Waals surface area contributed by atoms with Crippen molar-refractivity contribution in [3.8, 4) is 0 Å². The molecule has 1 aliphatic heterocycles. The molecule has 3 aromatic carbocycles. The third kappa shape index (κ3) is 2.01. The van der Waals surface area contributed by atoms with Gasteiger partial charge < -0.3 is 10.6 Å². The zero-order valence-corrected chi connectivity index (χ0v) is 13.5. The smallest absolute Gasteiger partial charge is 0.0703 e. The number of anilines is 4. The maximum atomic E-state index is 6.34. The van der Waals surface area contributed by atoms with Gasteiger partial charge in [-0.2, -0.15) is 0 Å². The van der Waals surface area contributed by atoms with Crippen LogP contribution in [-0.4, -0.2) is 0 Å². The Morgan fingerprint density at radius 1 is 0.727 bits per heavy atom.